The second kappa shape index (κ2) is 6.07. The van der Waals surface area contributed by atoms with Gasteiger partial charge in [0.05, 0.1) is 6.61 Å². The van der Waals surface area contributed by atoms with Crippen molar-refractivity contribution in [1.29, 1.82) is 0 Å². The topological polar surface area (TPSA) is 35.5 Å². The quantitative estimate of drug-likeness (QED) is 0.222. The number of rotatable bonds is 5. The van der Waals surface area contributed by atoms with E-state index in [-0.39, 0.29) is 0 Å². The molecule has 0 atom stereocenters. The van der Waals surface area contributed by atoms with Gasteiger partial charge in [-0.15, -0.1) is 11.6 Å². The van der Waals surface area contributed by atoms with E-state index in [1.807, 2.05) is 0 Å². The van der Waals surface area contributed by atoms with Gasteiger partial charge in [0.25, 0.3) is 5.60 Å². The van der Waals surface area contributed by atoms with Crippen LogP contribution in [0.4, 0.5) is 65.9 Å². The number of hydrogen-bond donors (Lipinski definition) is 0. The lowest BCUT2D eigenvalue weighted by Crippen LogP contribution is -3.10. The van der Waals surface area contributed by atoms with Crippen LogP contribution in [-0.4, -0.2) is 83.2 Å². The smallest absolute Gasteiger partial charge is 0.339 e. The Morgan fingerprint density at radius 1 is 0.545 bits per heavy atom. The van der Waals surface area contributed by atoms with Crippen molar-refractivity contribution in [1.82, 2.24) is 0 Å². The molecule has 4 aliphatic carbocycles. The molecule has 0 unspecified atom stereocenters. The van der Waals surface area contributed by atoms with Crippen LogP contribution < -0.4 is 0 Å². The van der Waals surface area contributed by atoms with Crippen molar-refractivity contribution in [2.75, 3.05) is 19.1 Å². The third kappa shape index (κ3) is 1.85. The van der Waals surface area contributed by atoms with Crippen LogP contribution in [0, 0.1) is 0 Å². The van der Waals surface area contributed by atoms with Crippen molar-refractivity contribution >= 4 is 17.6 Å². The Hall–Kier alpha value is -1.33. The van der Waals surface area contributed by atoms with Crippen LogP contribution in [-0.2, 0) is 14.3 Å². The highest BCUT2D eigenvalue weighted by atomic mass is 35.5. The van der Waals surface area contributed by atoms with E-state index in [1.165, 1.54) is 0 Å². The third-order valence-electron chi connectivity index (χ3n) is 5.99. The minimum Gasteiger partial charge on any atom is -0.462 e. The van der Waals surface area contributed by atoms with E-state index in [0.29, 0.717) is 0 Å². The normalized spacial score (nSPS) is 44.5. The zero-order chi connectivity index (χ0) is 26.1. The van der Waals surface area contributed by atoms with Gasteiger partial charge >= 0.3 is 58.5 Å². The van der Waals surface area contributed by atoms with E-state index in [4.69, 9.17) is 11.6 Å². The molecule has 0 saturated heterocycles. The molecule has 0 aromatic heterocycles. The molecule has 0 N–H and O–H groups in total. The molecule has 33 heavy (non-hydrogen) atoms. The molecule has 0 radical (unpaired) electrons. The van der Waals surface area contributed by atoms with Gasteiger partial charge in [-0.05, 0) is 0 Å². The lowest BCUT2D eigenvalue weighted by molar-refractivity contribution is -0.619. The van der Waals surface area contributed by atoms with Crippen LogP contribution in [0.3, 0.4) is 0 Å². The van der Waals surface area contributed by atoms with Crippen molar-refractivity contribution in [3.05, 3.63) is 0 Å². The molecule has 0 aromatic carbocycles. The molecule has 4 fully saturated rings. The van der Waals surface area contributed by atoms with Gasteiger partial charge in [0, 0.05) is 0 Å². The molecule has 0 amide bonds. The highest BCUT2D eigenvalue weighted by molar-refractivity contribution is 6.26. The molecule has 0 aromatic rings. The standard InChI is InChI=1S/C14H6ClF15O3/c15-3-4(31)32-1-2-33-8-12(25,26)5(16)9(19,20)6(17,13(8,27)28)11(23,24)7(18,10(5,21)22)14(8,29)30/h1-3H2. The van der Waals surface area contributed by atoms with Crippen LogP contribution in [0.2, 0.25) is 0 Å². The van der Waals surface area contributed by atoms with Gasteiger partial charge in [0.15, 0.2) is 0 Å². The Bertz CT molecular complexity index is 776. The first-order valence-corrected chi connectivity index (χ1v) is 8.68. The summed E-state index contributed by atoms with van der Waals surface area (Å²) in [7, 11) is 0. The lowest BCUT2D eigenvalue weighted by Gasteiger charge is -2.74. The molecule has 19 heteroatoms. The van der Waals surface area contributed by atoms with Gasteiger partial charge in [0.1, 0.15) is 12.5 Å². The fourth-order valence-corrected chi connectivity index (χ4v) is 4.54. The Labute approximate surface area is 176 Å². The number of hydrogen-bond acceptors (Lipinski definition) is 3. The second-order valence-corrected chi connectivity index (χ2v) is 7.57. The highest BCUT2D eigenvalue weighted by Gasteiger charge is 3.23. The molecular weight excluding hydrogens is 537 g/mol. The Balaban J connectivity index is 2.41. The number of esters is 1. The van der Waals surface area contributed by atoms with Crippen LogP contribution >= 0.6 is 11.6 Å². The molecule has 192 valence electrons. The van der Waals surface area contributed by atoms with E-state index in [1.54, 1.807) is 0 Å². The predicted molar refractivity (Wildman–Crippen MR) is 71.6 cm³/mol. The van der Waals surface area contributed by atoms with E-state index in [0.717, 1.165) is 0 Å². The molecule has 0 spiro atoms. The van der Waals surface area contributed by atoms with Gasteiger partial charge in [-0.1, -0.05) is 0 Å². The van der Waals surface area contributed by atoms with Crippen LogP contribution in [0.1, 0.15) is 0 Å². The second-order valence-electron chi connectivity index (χ2n) is 7.31. The summed E-state index contributed by atoms with van der Waals surface area (Å²) in [6, 6.07) is 0. The minimum absolute atomic E-state index is 1.05. The Kier molecular flexibility index (Phi) is 4.84. The third-order valence-corrected chi connectivity index (χ3v) is 6.21. The first-order valence-electron chi connectivity index (χ1n) is 8.15. The van der Waals surface area contributed by atoms with Gasteiger partial charge in [-0.2, -0.15) is 52.7 Å². The van der Waals surface area contributed by atoms with Gasteiger partial charge in [0.2, 0.25) is 0 Å². The molecule has 0 heterocycles. The summed E-state index contributed by atoms with van der Waals surface area (Å²) >= 11 is 4.90. The zero-order valence-electron chi connectivity index (χ0n) is 14.9. The first-order chi connectivity index (χ1) is 14.5. The maximum absolute atomic E-state index is 14.8. The van der Waals surface area contributed by atoms with Crippen LogP contribution in [0.5, 0.6) is 0 Å². The lowest BCUT2D eigenvalue weighted by atomic mass is 9.40. The van der Waals surface area contributed by atoms with Crippen molar-refractivity contribution < 1.29 is 80.1 Å². The fraction of sp³-hybridized carbons (Fsp3) is 0.929. The first kappa shape index (κ1) is 26.3. The minimum atomic E-state index is -7.87. The summed E-state index contributed by atoms with van der Waals surface area (Å²) in [5, 5.41) is 0. The van der Waals surface area contributed by atoms with E-state index in [9.17, 15) is 70.7 Å². The molecule has 4 aliphatic rings. The van der Waals surface area contributed by atoms with Gasteiger partial charge < -0.3 is 9.47 Å². The predicted octanol–water partition coefficient (Wildman–Crippen LogP) is 4.50. The van der Waals surface area contributed by atoms with Gasteiger partial charge in [-0.3, -0.25) is 4.79 Å². The Morgan fingerprint density at radius 3 is 1.12 bits per heavy atom. The average molecular weight is 543 g/mol. The maximum Gasteiger partial charge on any atom is 0.339 e. The molecule has 4 rings (SSSR count). The monoisotopic (exact) mass is 542 g/mol. The fourth-order valence-electron chi connectivity index (χ4n) is 4.47. The number of carbonyl (C=O) groups excluding carboxylic acids is 1. The molecule has 0 aliphatic heterocycles. The summed E-state index contributed by atoms with van der Waals surface area (Å²) in [4.78, 5) is 10.8. The zero-order valence-corrected chi connectivity index (χ0v) is 15.6. The van der Waals surface area contributed by atoms with Crippen molar-refractivity contribution in [3.8, 4) is 0 Å². The van der Waals surface area contributed by atoms with Gasteiger partial charge in [-0.25, -0.2) is 13.2 Å². The van der Waals surface area contributed by atoms with Crippen molar-refractivity contribution in [2.45, 2.75) is 58.1 Å². The van der Waals surface area contributed by atoms with Crippen LogP contribution in [0.25, 0.3) is 0 Å². The van der Waals surface area contributed by atoms with E-state index >= 15 is 0 Å². The number of halogens is 16. The Morgan fingerprint density at radius 2 is 0.848 bits per heavy atom. The maximum atomic E-state index is 14.8. The number of carbonyl (C=O) groups is 1. The summed E-state index contributed by atoms with van der Waals surface area (Å²) < 4.78 is 224. The molecule has 4 bridgehead atoms. The molecular formula is C14H6ClF15O3. The SMILES string of the molecule is O=C(CCl)OCCOC12C(F)(F)C3(F)C(F)(F)C(F)(C(F)(F)C(F)(C3(F)F)C1(F)F)C2(F)F. The summed E-state index contributed by atoms with van der Waals surface area (Å²) in [5.41, 5.74) is -30.2. The molecule has 4 saturated carbocycles. The largest absolute Gasteiger partial charge is 0.462 e. The van der Waals surface area contributed by atoms with Crippen molar-refractivity contribution in [2.24, 2.45) is 0 Å². The van der Waals surface area contributed by atoms with Crippen LogP contribution in [0.15, 0.2) is 0 Å². The molecule has 3 nitrogen and oxygen atoms in total. The number of ether oxygens (including phenoxy) is 2. The number of alkyl halides is 16. The van der Waals surface area contributed by atoms with Crippen molar-refractivity contribution in [3.63, 3.8) is 0 Å². The van der Waals surface area contributed by atoms with E-state index in [2.05, 4.69) is 9.47 Å². The average Bonchev–Trinajstić information content (AvgIpc) is 2.67. The summed E-state index contributed by atoms with van der Waals surface area (Å²) in [6.07, 6.45) is 0. The van der Waals surface area contributed by atoms with E-state index < -0.39 is 83.2 Å². The summed E-state index contributed by atoms with van der Waals surface area (Å²) in [6.45, 7) is -4.00. The summed E-state index contributed by atoms with van der Waals surface area (Å²) in [5.74, 6) is -49.1. The highest BCUT2D eigenvalue weighted by Crippen LogP contribution is 2.88.